The number of nitrogens with two attached hydrogens (primary N) is 1. The molecule has 5 atom stereocenters. The molecule has 0 spiro atoms. The lowest BCUT2D eigenvalue weighted by molar-refractivity contribution is -0.0884. The van der Waals surface area contributed by atoms with Gasteiger partial charge in [-0.25, -0.2) is 0 Å². The summed E-state index contributed by atoms with van der Waals surface area (Å²) >= 11 is 0. The number of nitrogens with zero attached hydrogens (tertiary/aromatic N) is 1. The van der Waals surface area contributed by atoms with Crippen molar-refractivity contribution in [2.75, 3.05) is 0 Å². The van der Waals surface area contributed by atoms with Crippen LogP contribution in [0.1, 0.15) is 72.1 Å². The van der Waals surface area contributed by atoms with E-state index in [0.717, 1.165) is 24.0 Å². The molecular formula is C18H32N2. The highest BCUT2D eigenvalue weighted by Gasteiger charge is 2.63. The fourth-order valence-corrected chi connectivity index (χ4v) is 6.90. The van der Waals surface area contributed by atoms with E-state index in [1.54, 1.807) is 0 Å². The molecule has 2 N–H and O–H groups in total. The van der Waals surface area contributed by atoms with Crippen LogP contribution in [0.4, 0.5) is 0 Å². The van der Waals surface area contributed by atoms with Crippen LogP contribution >= 0.6 is 0 Å². The molecule has 0 aromatic rings. The van der Waals surface area contributed by atoms with Crippen molar-refractivity contribution in [3.05, 3.63) is 0 Å². The zero-order valence-electron chi connectivity index (χ0n) is 13.6. The van der Waals surface area contributed by atoms with Crippen LogP contribution in [0, 0.1) is 16.7 Å². The SMILES string of the molecule is CC12CCC(C1)C(C)(C)C2N1C2CCCC1CC(N)C2. The summed E-state index contributed by atoms with van der Waals surface area (Å²) in [6.07, 6.45) is 11.2. The summed E-state index contributed by atoms with van der Waals surface area (Å²) in [6.45, 7) is 7.73. The zero-order valence-corrected chi connectivity index (χ0v) is 13.6. The summed E-state index contributed by atoms with van der Waals surface area (Å²) in [5, 5.41) is 0. The fraction of sp³-hybridized carbons (Fsp3) is 1.00. The highest BCUT2D eigenvalue weighted by Crippen LogP contribution is 2.65. The van der Waals surface area contributed by atoms with E-state index in [9.17, 15) is 0 Å². The minimum Gasteiger partial charge on any atom is -0.328 e. The molecule has 2 nitrogen and oxygen atoms in total. The molecule has 0 amide bonds. The van der Waals surface area contributed by atoms with Gasteiger partial charge in [0.15, 0.2) is 0 Å². The molecule has 2 saturated carbocycles. The maximum atomic E-state index is 6.34. The number of piperidine rings is 2. The predicted octanol–water partition coefficient (Wildman–Crippen LogP) is 3.55. The molecule has 114 valence electrons. The van der Waals surface area contributed by atoms with E-state index in [0.29, 0.717) is 16.9 Å². The molecule has 2 saturated heterocycles. The van der Waals surface area contributed by atoms with Gasteiger partial charge in [0, 0.05) is 24.2 Å². The smallest absolute Gasteiger partial charge is 0.0209 e. The van der Waals surface area contributed by atoms with E-state index in [1.807, 2.05) is 0 Å². The summed E-state index contributed by atoms with van der Waals surface area (Å²) in [7, 11) is 0. The Hall–Kier alpha value is -0.0800. The Bertz CT molecular complexity index is 385. The van der Waals surface area contributed by atoms with E-state index >= 15 is 0 Å². The van der Waals surface area contributed by atoms with Gasteiger partial charge >= 0.3 is 0 Å². The van der Waals surface area contributed by atoms with E-state index < -0.39 is 0 Å². The van der Waals surface area contributed by atoms with Gasteiger partial charge in [0.25, 0.3) is 0 Å². The van der Waals surface area contributed by atoms with Gasteiger partial charge in [-0.3, -0.25) is 4.90 Å². The van der Waals surface area contributed by atoms with Crippen molar-refractivity contribution in [3.63, 3.8) is 0 Å². The highest BCUT2D eigenvalue weighted by molar-refractivity contribution is 5.15. The molecular weight excluding hydrogens is 244 g/mol. The Labute approximate surface area is 124 Å². The van der Waals surface area contributed by atoms with Crippen molar-refractivity contribution in [3.8, 4) is 0 Å². The van der Waals surface area contributed by atoms with Crippen molar-refractivity contribution in [2.24, 2.45) is 22.5 Å². The van der Waals surface area contributed by atoms with Crippen LogP contribution in [0.5, 0.6) is 0 Å². The molecule has 20 heavy (non-hydrogen) atoms. The van der Waals surface area contributed by atoms with Gasteiger partial charge in [-0.15, -0.1) is 0 Å². The normalized spacial score (nSPS) is 54.3. The van der Waals surface area contributed by atoms with Gasteiger partial charge in [0.05, 0.1) is 0 Å². The Morgan fingerprint density at radius 1 is 1.00 bits per heavy atom. The fourth-order valence-electron chi connectivity index (χ4n) is 6.90. The Morgan fingerprint density at radius 3 is 2.20 bits per heavy atom. The average Bonchev–Trinajstić information content (AvgIpc) is 2.81. The molecule has 4 bridgehead atoms. The lowest BCUT2D eigenvalue weighted by Gasteiger charge is -2.58. The van der Waals surface area contributed by atoms with Crippen molar-refractivity contribution in [1.29, 1.82) is 0 Å². The third kappa shape index (κ3) is 1.70. The van der Waals surface area contributed by atoms with Gasteiger partial charge in [-0.05, 0) is 61.7 Å². The molecule has 4 aliphatic rings. The first-order valence-electron chi connectivity index (χ1n) is 8.95. The average molecular weight is 276 g/mol. The summed E-state index contributed by atoms with van der Waals surface area (Å²) in [5.41, 5.74) is 7.44. The van der Waals surface area contributed by atoms with Crippen LogP contribution in [0.3, 0.4) is 0 Å². The first kappa shape index (κ1) is 13.6. The lowest BCUT2D eigenvalue weighted by Crippen LogP contribution is -2.64. The summed E-state index contributed by atoms with van der Waals surface area (Å²) in [5.74, 6) is 0.967. The van der Waals surface area contributed by atoms with Crippen molar-refractivity contribution in [2.45, 2.75) is 96.3 Å². The second kappa shape index (κ2) is 4.23. The lowest BCUT2D eigenvalue weighted by atomic mass is 9.65. The van der Waals surface area contributed by atoms with Crippen molar-refractivity contribution < 1.29 is 0 Å². The zero-order chi connectivity index (χ0) is 14.1. The van der Waals surface area contributed by atoms with Crippen LogP contribution in [0.2, 0.25) is 0 Å². The van der Waals surface area contributed by atoms with Crippen LogP contribution in [-0.2, 0) is 0 Å². The summed E-state index contributed by atoms with van der Waals surface area (Å²) in [6, 6.07) is 2.86. The molecule has 0 aromatic carbocycles. The molecule has 5 unspecified atom stereocenters. The monoisotopic (exact) mass is 276 g/mol. The van der Waals surface area contributed by atoms with E-state index in [2.05, 4.69) is 25.7 Å². The topological polar surface area (TPSA) is 29.3 Å². The van der Waals surface area contributed by atoms with Gasteiger partial charge in [0.1, 0.15) is 0 Å². The second-order valence-electron chi connectivity index (χ2n) is 9.23. The first-order chi connectivity index (χ1) is 9.42. The quantitative estimate of drug-likeness (QED) is 0.793. The molecule has 0 aromatic heterocycles. The third-order valence-electron chi connectivity index (χ3n) is 7.56. The first-order valence-corrected chi connectivity index (χ1v) is 8.95. The number of hydrogen-bond acceptors (Lipinski definition) is 2. The van der Waals surface area contributed by atoms with Gasteiger partial charge in [-0.2, -0.15) is 0 Å². The van der Waals surface area contributed by atoms with Crippen LogP contribution in [0.15, 0.2) is 0 Å². The van der Waals surface area contributed by atoms with Crippen LogP contribution in [-0.4, -0.2) is 29.1 Å². The summed E-state index contributed by atoms with van der Waals surface area (Å²) < 4.78 is 0. The standard InChI is InChI=1S/C18H32N2/c1-17(2)12-7-8-18(3,11-12)16(17)20-14-5-4-6-15(20)10-13(19)9-14/h12-16H,4-11,19H2,1-3H3. The summed E-state index contributed by atoms with van der Waals surface area (Å²) in [4.78, 5) is 3.01. The van der Waals surface area contributed by atoms with Crippen molar-refractivity contribution >= 4 is 0 Å². The largest absolute Gasteiger partial charge is 0.328 e. The highest BCUT2D eigenvalue weighted by atomic mass is 15.3. The second-order valence-corrected chi connectivity index (χ2v) is 9.23. The van der Waals surface area contributed by atoms with Crippen LogP contribution in [0.25, 0.3) is 0 Å². The molecule has 4 fully saturated rings. The number of hydrogen-bond donors (Lipinski definition) is 1. The van der Waals surface area contributed by atoms with Gasteiger partial charge < -0.3 is 5.73 Å². The Morgan fingerprint density at radius 2 is 1.65 bits per heavy atom. The molecule has 2 heterocycles. The molecule has 2 aliphatic carbocycles. The number of fused-ring (bicyclic) bond motifs is 4. The van der Waals surface area contributed by atoms with Gasteiger partial charge in [0.2, 0.25) is 0 Å². The molecule has 4 rings (SSSR count). The van der Waals surface area contributed by atoms with Crippen molar-refractivity contribution in [1.82, 2.24) is 4.90 Å². The predicted molar refractivity (Wildman–Crippen MR) is 83.5 cm³/mol. The Kier molecular flexibility index (Phi) is 2.87. The minimum absolute atomic E-state index is 0.469. The molecule has 2 aliphatic heterocycles. The Balaban J connectivity index is 1.69. The van der Waals surface area contributed by atoms with E-state index in [1.165, 1.54) is 51.4 Å². The van der Waals surface area contributed by atoms with E-state index in [4.69, 9.17) is 5.73 Å². The minimum atomic E-state index is 0.469. The van der Waals surface area contributed by atoms with Gasteiger partial charge in [-0.1, -0.05) is 27.2 Å². The van der Waals surface area contributed by atoms with E-state index in [-0.39, 0.29) is 0 Å². The maximum absolute atomic E-state index is 6.34. The molecule has 0 radical (unpaired) electrons. The maximum Gasteiger partial charge on any atom is 0.0209 e. The third-order valence-corrected chi connectivity index (χ3v) is 7.56. The van der Waals surface area contributed by atoms with Crippen LogP contribution < -0.4 is 5.73 Å². The molecule has 2 heteroatoms. The number of rotatable bonds is 1.